The van der Waals surface area contributed by atoms with E-state index in [1.165, 1.54) is 17.5 Å². The van der Waals surface area contributed by atoms with E-state index >= 15 is 0 Å². The molecule has 1 saturated heterocycles. The molecule has 1 heterocycles. The first kappa shape index (κ1) is 18.9. The maximum absolute atomic E-state index is 12.3. The number of carbonyl (C=O) groups is 2. The summed E-state index contributed by atoms with van der Waals surface area (Å²) in [5, 5.41) is 3.17. The smallest absolute Gasteiger partial charge is 0.223 e. The maximum atomic E-state index is 12.3. The number of rotatable bonds is 6. The average Bonchev–Trinajstić information content (AvgIpc) is 3.20. The minimum absolute atomic E-state index is 0. The van der Waals surface area contributed by atoms with E-state index in [4.69, 9.17) is 0 Å². The summed E-state index contributed by atoms with van der Waals surface area (Å²) in [7, 11) is 1.94. The zero-order valence-electron chi connectivity index (χ0n) is 14.3. The van der Waals surface area contributed by atoms with Crippen LogP contribution < -0.4 is 5.32 Å². The number of aryl methyl sites for hydroxylation is 2. The van der Waals surface area contributed by atoms with Gasteiger partial charge in [-0.3, -0.25) is 9.59 Å². The van der Waals surface area contributed by atoms with Crippen molar-refractivity contribution in [1.29, 1.82) is 0 Å². The molecular formula is C19H27ClN2O2. The van der Waals surface area contributed by atoms with Gasteiger partial charge in [-0.15, -0.1) is 12.4 Å². The number of Topliss-reactive ketones (excluding diaryl/α,β-unsaturated/α-hetero) is 1. The third-order valence-corrected chi connectivity index (χ3v) is 5.12. The molecule has 0 spiro atoms. The van der Waals surface area contributed by atoms with E-state index in [1.807, 2.05) is 24.1 Å². The van der Waals surface area contributed by atoms with Crippen molar-refractivity contribution < 1.29 is 9.59 Å². The Morgan fingerprint density at radius 1 is 1.21 bits per heavy atom. The van der Waals surface area contributed by atoms with Crippen molar-refractivity contribution in [3.63, 3.8) is 0 Å². The fraction of sp³-hybridized carbons (Fsp3) is 0.579. The van der Waals surface area contributed by atoms with Crippen molar-refractivity contribution in [3.8, 4) is 0 Å². The summed E-state index contributed by atoms with van der Waals surface area (Å²) in [5.41, 5.74) is 3.47. The number of benzene rings is 1. The highest BCUT2D eigenvalue weighted by Crippen LogP contribution is 2.24. The van der Waals surface area contributed by atoms with Crippen molar-refractivity contribution in [1.82, 2.24) is 10.2 Å². The first-order valence-corrected chi connectivity index (χ1v) is 8.74. The predicted molar refractivity (Wildman–Crippen MR) is 97.9 cm³/mol. The summed E-state index contributed by atoms with van der Waals surface area (Å²) in [6.45, 7) is 2.61. The molecule has 3 rings (SSSR count). The first-order chi connectivity index (χ1) is 11.2. The van der Waals surface area contributed by atoms with E-state index in [-0.39, 0.29) is 24.1 Å². The number of hydrogen-bond donors (Lipinski definition) is 1. The number of hydrogen-bond acceptors (Lipinski definition) is 3. The minimum atomic E-state index is 0. The predicted octanol–water partition coefficient (Wildman–Crippen LogP) is 2.63. The number of amides is 1. The molecule has 1 atom stereocenters. The zero-order chi connectivity index (χ0) is 16.2. The van der Waals surface area contributed by atoms with Crippen molar-refractivity contribution in [2.24, 2.45) is 5.92 Å². The molecule has 1 fully saturated rings. The SMILES string of the molecule is CNCC1CCN(C(=O)CCC(=O)c2ccc3c(c2)CCC3)C1.Cl. The van der Waals surface area contributed by atoms with E-state index in [0.29, 0.717) is 18.8 Å². The third kappa shape index (κ3) is 4.37. The summed E-state index contributed by atoms with van der Waals surface area (Å²) in [5.74, 6) is 0.772. The summed E-state index contributed by atoms with van der Waals surface area (Å²) in [6, 6.07) is 6.05. The fourth-order valence-corrected chi connectivity index (χ4v) is 3.78. The second-order valence-corrected chi connectivity index (χ2v) is 6.81. The first-order valence-electron chi connectivity index (χ1n) is 8.74. The average molecular weight is 351 g/mol. The molecule has 0 radical (unpaired) electrons. The van der Waals surface area contributed by atoms with Gasteiger partial charge < -0.3 is 10.2 Å². The molecule has 24 heavy (non-hydrogen) atoms. The molecule has 0 aromatic heterocycles. The van der Waals surface area contributed by atoms with Crippen LogP contribution >= 0.6 is 12.4 Å². The van der Waals surface area contributed by atoms with Crippen LogP contribution in [0.1, 0.15) is 47.2 Å². The Balaban J connectivity index is 0.00000208. The van der Waals surface area contributed by atoms with Crippen LogP contribution in [0.15, 0.2) is 18.2 Å². The normalized spacial score (nSPS) is 19.0. The molecule has 2 aliphatic rings. The fourth-order valence-electron chi connectivity index (χ4n) is 3.78. The molecule has 1 N–H and O–H groups in total. The molecule has 1 aliphatic carbocycles. The molecule has 0 saturated carbocycles. The van der Waals surface area contributed by atoms with Gasteiger partial charge in [0.2, 0.25) is 5.91 Å². The van der Waals surface area contributed by atoms with Gasteiger partial charge in [0.1, 0.15) is 0 Å². The third-order valence-electron chi connectivity index (χ3n) is 5.12. The second-order valence-electron chi connectivity index (χ2n) is 6.81. The molecule has 1 unspecified atom stereocenters. The van der Waals surface area contributed by atoms with Crippen molar-refractivity contribution in [2.45, 2.75) is 38.5 Å². The van der Waals surface area contributed by atoms with Crippen LogP contribution in [0.2, 0.25) is 0 Å². The van der Waals surface area contributed by atoms with Crippen molar-refractivity contribution >= 4 is 24.1 Å². The van der Waals surface area contributed by atoms with Gasteiger partial charge in [0.15, 0.2) is 5.78 Å². The Hall–Kier alpha value is -1.39. The monoisotopic (exact) mass is 350 g/mol. The van der Waals surface area contributed by atoms with Crippen LogP contribution in [0.25, 0.3) is 0 Å². The molecule has 5 heteroatoms. The van der Waals surface area contributed by atoms with Gasteiger partial charge in [0.25, 0.3) is 0 Å². The molecule has 1 aromatic carbocycles. The van der Waals surface area contributed by atoms with Gasteiger partial charge in [-0.2, -0.15) is 0 Å². The number of carbonyl (C=O) groups excluding carboxylic acids is 2. The Bertz CT molecular complexity index is 603. The van der Waals surface area contributed by atoms with E-state index in [2.05, 4.69) is 11.4 Å². The number of nitrogens with one attached hydrogen (secondary N) is 1. The molecular weight excluding hydrogens is 324 g/mol. The number of fused-ring (bicyclic) bond motifs is 1. The molecule has 4 nitrogen and oxygen atoms in total. The lowest BCUT2D eigenvalue weighted by molar-refractivity contribution is -0.130. The number of halogens is 1. The summed E-state index contributed by atoms with van der Waals surface area (Å²) >= 11 is 0. The van der Waals surface area contributed by atoms with Crippen molar-refractivity contribution in [3.05, 3.63) is 34.9 Å². The topological polar surface area (TPSA) is 49.4 Å². The van der Waals surface area contributed by atoms with Crippen LogP contribution in [0.4, 0.5) is 0 Å². The van der Waals surface area contributed by atoms with Crippen LogP contribution in [0, 0.1) is 5.92 Å². The molecule has 0 bridgehead atoms. The van der Waals surface area contributed by atoms with E-state index < -0.39 is 0 Å². The molecule has 1 aromatic rings. The highest BCUT2D eigenvalue weighted by Gasteiger charge is 2.25. The Labute approximate surface area is 150 Å². The van der Waals surface area contributed by atoms with Crippen LogP contribution in [0.3, 0.4) is 0 Å². The standard InChI is InChI=1S/C19H26N2O2.ClH/c1-20-12-14-9-10-21(13-14)19(23)8-7-18(22)17-6-5-15-3-2-4-16(15)11-17;/h5-6,11,14,20H,2-4,7-10,12-13H2,1H3;1H. The van der Waals surface area contributed by atoms with E-state index in [0.717, 1.165) is 44.5 Å². The Kier molecular flexibility index (Phi) is 6.81. The van der Waals surface area contributed by atoms with Gasteiger partial charge in [-0.05, 0) is 62.4 Å². The largest absolute Gasteiger partial charge is 0.342 e. The maximum Gasteiger partial charge on any atom is 0.223 e. The van der Waals surface area contributed by atoms with Gasteiger partial charge in [-0.1, -0.05) is 12.1 Å². The van der Waals surface area contributed by atoms with E-state index in [1.54, 1.807) is 0 Å². The molecule has 1 aliphatic heterocycles. The highest BCUT2D eigenvalue weighted by atomic mass is 35.5. The minimum Gasteiger partial charge on any atom is -0.342 e. The van der Waals surface area contributed by atoms with Gasteiger partial charge in [-0.25, -0.2) is 0 Å². The summed E-state index contributed by atoms with van der Waals surface area (Å²) in [6.07, 6.45) is 5.12. The molecule has 132 valence electrons. The highest BCUT2D eigenvalue weighted by molar-refractivity contribution is 5.98. The zero-order valence-corrected chi connectivity index (χ0v) is 15.2. The van der Waals surface area contributed by atoms with Gasteiger partial charge >= 0.3 is 0 Å². The summed E-state index contributed by atoms with van der Waals surface area (Å²) in [4.78, 5) is 26.5. The second kappa shape index (κ2) is 8.63. The number of ketones is 1. The number of likely N-dealkylation sites (tertiary alicyclic amines) is 1. The summed E-state index contributed by atoms with van der Waals surface area (Å²) < 4.78 is 0. The van der Waals surface area contributed by atoms with Crippen molar-refractivity contribution in [2.75, 3.05) is 26.7 Å². The lowest BCUT2D eigenvalue weighted by atomic mass is 10.0. The van der Waals surface area contributed by atoms with Crippen LogP contribution in [-0.2, 0) is 17.6 Å². The Morgan fingerprint density at radius 2 is 2.00 bits per heavy atom. The quantitative estimate of drug-likeness (QED) is 0.802. The van der Waals surface area contributed by atoms with Crippen LogP contribution in [-0.4, -0.2) is 43.3 Å². The number of nitrogens with zero attached hydrogens (tertiary/aromatic N) is 1. The van der Waals surface area contributed by atoms with Gasteiger partial charge in [0, 0.05) is 31.5 Å². The lowest BCUT2D eigenvalue weighted by Gasteiger charge is -2.16. The molecule has 1 amide bonds. The van der Waals surface area contributed by atoms with Crippen LogP contribution in [0.5, 0.6) is 0 Å². The van der Waals surface area contributed by atoms with E-state index in [9.17, 15) is 9.59 Å². The van der Waals surface area contributed by atoms with Gasteiger partial charge in [0.05, 0.1) is 0 Å². The Morgan fingerprint density at radius 3 is 2.79 bits per heavy atom. The lowest BCUT2D eigenvalue weighted by Crippen LogP contribution is -2.30.